The molecule has 0 aliphatic heterocycles. The largest absolute Gasteiger partial charge is 0.507 e. The summed E-state index contributed by atoms with van der Waals surface area (Å²) in [5.41, 5.74) is 0.0735. The number of benzene rings is 1. The summed E-state index contributed by atoms with van der Waals surface area (Å²) < 4.78 is 0. The molecule has 0 saturated carbocycles. The van der Waals surface area contributed by atoms with E-state index in [1.807, 2.05) is 0 Å². The molecule has 0 amide bonds. The lowest BCUT2D eigenvalue weighted by Crippen LogP contribution is -2.11. The Morgan fingerprint density at radius 3 is 2.47 bits per heavy atom. The van der Waals surface area contributed by atoms with E-state index >= 15 is 0 Å². The maximum Gasteiger partial charge on any atom is 0.337 e. The fourth-order valence-corrected chi connectivity index (χ4v) is 1.49. The second-order valence-electron chi connectivity index (χ2n) is 3.38. The molecule has 17 heavy (non-hydrogen) atoms. The predicted molar refractivity (Wildman–Crippen MR) is 60.4 cm³/mol. The molecule has 6 heteroatoms. The number of ketones is 1. The van der Waals surface area contributed by atoms with E-state index in [0.717, 1.165) is 6.07 Å². The normalized spacial score (nSPS) is 12.1. The van der Waals surface area contributed by atoms with Crippen LogP contribution in [-0.4, -0.2) is 33.0 Å². The van der Waals surface area contributed by atoms with Crippen molar-refractivity contribution in [2.75, 3.05) is 5.88 Å². The molecule has 0 aliphatic carbocycles. The van der Waals surface area contributed by atoms with Crippen molar-refractivity contribution in [1.82, 2.24) is 0 Å². The molecule has 0 spiro atoms. The summed E-state index contributed by atoms with van der Waals surface area (Å²) in [6.45, 7) is 0. The van der Waals surface area contributed by atoms with E-state index in [1.165, 1.54) is 12.1 Å². The predicted octanol–water partition coefficient (Wildman–Crippen LogP) is 1.32. The van der Waals surface area contributed by atoms with E-state index < -0.39 is 12.1 Å². The minimum Gasteiger partial charge on any atom is -0.507 e. The number of aliphatic hydroxyl groups is 1. The van der Waals surface area contributed by atoms with E-state index in [1.54, 1.807) is 0 Å². The number of halogens is 1. The van der Waals surface area contributed by atoms with Gasteiger partial charge in [-0.3, -0.25) is 4.79 Å². The molecule has 0 radical (unpaired) electrons. The van der Waals surface area contributed by atoms with Gasteiger partial charge in [-0.2, -0.15) is 0 Å². The summed E-state index contributed by atoms with van der Waals surface area (Å²) in [6, 6.07) is 3.60. The van der Waals surface area contributed by atoms with Crippen LogP contribution in [0.5, 0.6) is 5.75 Å². The van der Waals surface area contributed by atoms with Crippen molar-refractivity contribution >= 4 is 23.4 Å². The van der Waals surface area contributed by atoms with Crippen LogP contribution in [0.2, 0.25) is 0 Å². The lowest BCUT2D eigenvalue weighted by molar-refractivity contribution is -0.146. The van der Waals surface area contributed by atoms with E-state index in [2.05, 4.69) is 0 Å². The number of phenols is 1. The van der Waals surface area contributed by atoms with Crippen LogP contribution in [0.15, 0.2) is 18.2 Å². The molecule has 0 saturated heterocycles. The second kappa shape index (κ2) is 5.65. The Morgan fingerprint density at radius 1 is 1.35 bits per heavy atom. The first-order valence-corrected chi connectivity index (χ1v) is 5.33. The number of aromatic hydroxyl groups is 1. The number of alkyl halides is 1. The van der Waals surface area contributed by atoms with Gasteiger partial charge in [-0.25, -0.2) is 4.79 Å². The molecule has 0 bridgehead atoms. The Balaban J connectivity index is 3.01. The van der Waals surface area contributed by atoms with Crippen molar-refractivity contribution in [1.29, 1.82) is 0 Å². The van der Waals surface area contributed by atoms with Crippen LogP contribution >= 0.6 is 11.6 Å². The van der Waals surface area contributed by atoms with Gasteiger partial charge in [-0.05, 0) is 17.7 Å². The zero-order chi connectivity index (χ0) is 13.0. The number of carboxylic acid groups (broad SMARTS) is 1. The Labute approximate surface area is 102 Å². The first-order valence-electron chi connectivity index (χ1n) is 4.80. The Morgan fingerprint density at radius 2 is 2.00 bits per heavy atom. The number of carbonyl (C=O) groups is 2. The van der Waals surface area contributed by atoms with Crippen molar-refractivity contribution in [2.24, 2.45) is 0 Å². The van der Waals surface area contributed by atoms with Crippen LogP contribution in [-0.2, 0) is 4.79 Å². The summed E-state index contributed by atoms with van der Waals surface area (Å²) in [5, 5.41) is 27.4. The molecule has 5 nitrogen and oxygen atoms in total. The van der Waals surface area contributed by atoms with Crippen LogP contribution in [0.4, 0.5) is 0 Å². The highest BCUT2D eigenvalue weighted by molar-refractivity contribution is 6.19. The lowest BCUT2D eigenvalue weighted by Gasteiger charge is -2.08. The van der Waals surface area contributed by atoms with Crippen LogP contribution in [0.3, 0.4) is 0 Å². The minimum atomic E-state index is -1.72. The van der Waals surface area contributed by atoms with Crippen molar-refractivity contribution in [2.45, 2.75) is 12.5 Å². The van der Waals surface area contributed by atoms with Gasteiger partial charge in [-0.1, -0.05) is 6.07 Å². The molecular weight excluding hydrogens is 248 g/mol. The van der Waals surface area contributed by atoms with Gasteiger partial charge >= 0.3 is 5.97 Å². The quantitative estimate of drug-likeness (QED) is 0.547. The molecule has 0 aliphatic rings. The van der Waals surface area contributed by atoms with Gasteiger partial charge in [-0.15, -0.1) is 11.6 Å². The fraction of sp³-hybridized carbons (Fsp3) is 0.273. The number of phenolic OH excluding ortho intramolecular Hbond substituents is 1. The third-order valence-corrected chi connectivity index (χ3v) is 2.38. The fourth-order valence-electron chi connectivity index (χ4n) is 1.32. The summed E-state index contributed by atoms with van der Waals surface area (Å²) in [4.78, 5) is 22.0. The van der Waals surface area contributed by atoms with Crippen molar-refractivity contribution in [3.05, 3.63) is 29.3 Å². The summed E-state index contributed by atoms with van der Waals surface area (Å²) in [7, 11) is 0. The Hall–Kier alpha value is -1.59. The number of aliphatic hydroxyl groups excluding tert-OH is 1. The number of carbonyl (C=O) groups excluding carboxylic acids is 1. The molecule has 0 aromatic heterocycles. The second-order valence-corrected chi connectivity index (χ2v) is 3.76. The van der Waals surface area contributed by atoms with E-state index in [-0.39, 0.29) is 35.0 Å². The number of hydrogen-bond acceptors (Lipinski definition) is 4. The molecule has 1 unspecified atom stereocenters. The third-order valence-electron chi connectivity index (χ3n) is 2.19. The number of Topliss-reactive ketones (excluding diaryl/α,β-unsaturated/α-hetero) is 1. The van der Waals surface area contributed by atoms with Gasteiger partial charge in [0.1, 0.15) is 5.75 Å². The summed E-state index contributed by atoms with van der Waals surface area (Å²) >= 11 is 5.40. The number of rotatable bonds is 5. The molecule has 1 rings (SSSR count). The highest BCUT2D eigenvalue weighted by atomic mass is 35.5. The monoisotopic (exact) mass is 258 g/mol. The van der Waals surface area contributed by atoms with Crippen molar-refractivity contribution in [3.63, 3.8) is 0 Å². The molecule has 1 aromatic rings. The van der Waals surface area contributed by atoms with Gasteiger partial charge in [0.25, 0.3) is 0 Å². The lowest BCUT2D eigenvalue weighted by atomic mass is 10.0. The van der Waals surface area contributed by atoms with E-state index in [0.29, 0.717) is 0 Å². The summed E-state index contributed by atoms with van der Waals surface area (Å²) in [5.74, 6) is -1.99. The molecule has 1 atom stereocenters. The van der Waals surface area contributed by atoms with Gasteiger partial charge in [0, 0.05) is 12.3 Å². The Bertz CT molecular complexity index is 443. The van der Waals surface area contributed by atoms with Crippen LogP contribution < -0.4 is 0 Å². The SMILES string of the molecule is O=C(CCCl)c1ccc(C(O)C(=O)O)cc1O. The highest BCUT2D eigenvalue weighted by Gasteiger charge is 2.18. The minimum absolute atomic E-state index is 0.0115. The maximum absolute atomic E-state index is 11.5. The number of hydrogen-bond donors (Lipinski definition) is 3. The number of carboxylic acids is 1. The number of aliphatic carboxylic acids is 1. The van der Waals surface area contributed by atoms with Crippen LogP contribution in [0.25, 0.3) is 0 Å². The van der Waals surface area contributed by atoms with E-state index in [4.69, 9.17) is 16.7 Å². The smallest absolute Gasteiger partial charge is 0.337 e. The molecule has 0 fully saturated rings. The van der Waals surface area contributed by atoms with Gasteiger partial charge < -0.3 is 15.3 Å². The standard InChI is InChI=1S/C11H11ClO5/c12-4-3-8(13)7-2-1-6(5-9(7)14)10(15)11(16)17/h1-2,5,10,14-15H,3-4H2,(H,16,17). The van der Waals surface area contributed by atoms with Crippen molar-refractivity contribution in [3.8, 4) is 5.75 Å². The molecule has 0 heterocycles. The van der Waals surface area contributed by atoms with Crippen LogP contribution in [0, 0.1) is 0 Å². The van der Waals surface area contributed by atoms with Gasteiger partial charge in [0.05, 0.1) is 5.56 Å². The average Bonchev–Trinajstić information content (AvgIpc) is 2.27. The van der Waals surface area contributed by atoms with Crippen LogP contribution in [0.1, 0.15) is 28.4 Å². The van der Waals surface area contributed by atoms with Gasteiger partial charge in [0.15, 0.2) is 11.9 Å². The molecule has 92 valence electrons. The van der Waals surface area contributed by atoms with Gasteiger partial charge in [0.2, 0.25) is 0 Å². The highest BCUT2D eigenvalue weighted by Crippen LogP contribution is 2.24. The Kier molecular flexibility index (Phi) is 4.48. The zero-order valence-corrected chi connectivity index (χ0v) is 9.52. The molecule has 1 aromatic carbocycles. The zero-order valence-electron chi connectivity index (χ0n) is 8.76. The molecular formula is C11H11ClO5. The topological polar surface area (TPSA) is 94.8 Å². The van der Waals surface area contributed by atoms with E-state index in [9.17, 15) is 19.8 Å². The third kappa shape index (κ3) is 3.18. The summed E-state index contributed by atoms with van der Waals surface area (Å²) in [6.07, 6.45) is -1.64. The first-order chi connectivity index (χ1) is 7.97. The first kappa shape index (κ1) is 13.5. The maximum atomic E-state index is 11.5. The molecule has 3 N–H and O–H groups in total. The van der Waals surface area contributed by atoms with Crippen molar-refractivity contribution < 1.29 is 24.9 Å². The average molecular weight is 259 g/mol.